The number of halogens is 2. The van der Waals surface area contributed by atoms with E-state index in [9.17, 15) is 23.2 Å². The van der Waals surface area contributed by atoms with Gasteiger partial charge in [-0.1, -0.05) is 0 Å². The monoisotopic (exact) mass is 366 g/mol. The number of nitrogens with zero attached hydrogens (tertiary/aromatic N) is 2. The molecule has 1 atom stereocenters. The van der Waals surface area contributed by atoms with E-state index in [1.165, 1.54) is 18.1 Å². The third kappa shape index (κ3) is 3.54. The first-order valence-corrected chi connectivity index (χ1v) is 8.52. The minimum absolute atomic E-state index is 0.00736. The lowest BCUT2D eigenvalue weighted by Gasteiger charge is -2.32. The molecule has 0 saturated carbocycles. The molecule has 0 bridgehead atoms. The summed E-state index contributed by atoms with van der Waals surface area (Å²) < 4.78 is 31.7. The molecule has 2 amide bonds. The van der Waals surface area contributed by atoms with E-state index in [1.54, 1.807) is 4.90 Å². The first kappa shape index (κ1) is 18.3. The largest absolute Gasteiger partial charge is 0.469 e. The predicted octanol–water partition coefficient (Wildman–Crippen LogP) is 1.73. The fraction of sp³-hybridized carbons (Fsp3) is 0.500. The number of ether oxygens (including phenoxy) is 1. The number of anilines is 1. The average molecular weight is 366 g/mol. The van der Waals surface area contributed by atoms with E-state index >= 15 is 0 Å². The van der Waals surface area contributed by atoms with Gasteiger partial charge >= 0.3 is 5.97 Å². The van der Waals surface area contributed by atoms with E-state index in [4.69, 9.17) is 4.74 Å². The Morgan fingerprint density at radius 1 is 1.15 bits per heavy atom. The average Bonchev–Trinajstić information content (AvgIpc) is 3.02. The number of esters is 1. The summed E-state index contributed by atoms with van der Waals surface area (Å²) in [5, 5.41) is 0. The molecule has 3 rings (SSSR count). The van der Waals surface area contributed by atoms with Gasteiger partial charge in [0, 0.05) is 32.1 Å². The molecule has 140 valence electrons. The number of carbonyl (C=O) groups is 3. The molecule has 1 aromatic rings. The first-order chi connectivity index (χ1) is 12.4. The van der Waals surface area contributed by atoms with Gasteiger partial charge in [0.2, 0.25) is 11.8 Å². The van der Waals surface area contributed by atoms with E-state index < -0.39 is 17.6 Å². The van der Waals surface area contributed by atoms with Gasteiger partial charge in [0.05, 0.1) is 24.6 Å². The van der Waals surface area contributed by atoms with Gasteiger partial charge in [0.1, 0.15) is 11.6 Å². The highest BCUT2D eigenvalue weighted by Crippen LogP contribution is 2.30. The van der Waals surface area contributed by atoms with Crippen molar-refractivity contribution in [2.24, 2.45) is 11.8 Å². The van der Waals surface area contributed by atoms with Crippen LogP contribution in [0.4, 0.5) is 14.5 Å². The highest BCUT2D eigenvalue weighted by Gasteiger charge is 2.39. The number of benzene rings is 1. The van der Waals surface area contributed by atoms with Crippen molar-refractivity contribution in [1.82, 2.24) is 4.90 Å². The van der Waals surface area contributed by atoms with Crippen molar-refractivity contribution >= 4 is 23.5 Å². The molecular formula is C18H20F2N2O4. The SMILES string of the molecule is COC(=O)C1CCN(C(=O)C2CC(=O)N(c3ccc(F)cc3F)C2)CC1. The molecule has 0 spiro atoms. The molecule has 0 N–H and O–H groups in total. The Bertz CT molecular complexity index is 732. The Morgan fingerprint density at radius 3 is 2.46 bits per heavy atom. The van der Waals surface area contributed by atoms with Gasteiger partial charge < -0.3 is 14.5 Å². The van der Waals surface area contributed by atoms with Crippen LogP contribution in [-0.4, -0.2) is 49.4 Å². The maximum Gasteiger partial charge on any atom is 0.308 e. The zero-order chi connectivity index (χ0) is 18.8. The zero-order valence-corrected chi connectivity index (χ0v) is 14.4. The molecular weight excluding hydrogens is 346 g/mol. The summed E-state index contributed by atoms with van der Waals surface area (Å²) in [7, 11) is 1.34. The van der Waals surface area contributed by atoms with Crippen molar-refractivity contribution in [3.8, 4) is 0 Å². The summed E-state index contributed by atoms with van der Waals surface area (Å²) in [5.41, 5.74) is -0.0175. The van der Waals surface area contributed by atoms with Gasteiger partial charge in [-0.25, -0.2) is 8.78 Å². The smallest absolute Gasteiger partial charge is 0.308 e. The lowest BCUT2D eigenvalue weighted by Crippen LogP contribution is -2.43. The molecule has 2 fully saturated rings. The highest BCUT2D eigenvalue weighted by molar-refractivity contribution is 6.00. The number of methoxy groups -OCH3 is 1. The van der Waals surface area contributed by atoms with Crippen LogP contribution in [0.3, 0.4) is 0 Å². The minimum atomic E-state index is -0.828. The molecule has 2 aliphatic rings. The fourth-order valence-corrected chi connectivity index (χ4v) is 3.57. The predicted molar refractivity (Wildman–Crippen MR) is 88.1 cm³/mol. The molecule has 2 saturated heterocycles. The lowest BCUT2D eigenvalue weighted by molar-refractivity contribution is -0.149. The molecule has 1 unspecified atom stereocenters. The molecule has 1 aromatic carbocycles. The molecule has 0 aromatic heterocycles. The second-order valence-electron chi connectivity index (χ2n) is 6.62. The van der Waals surface area contributed by atoms with Crippen LogP contribution in [0.25, 0.3) is 0 Å². The van der Waals surface area contributed by atoms with E-state index in [2.05, 4.69) is 0 Å². The quantitative estimate of drug-likeness (QED) is 0.764. The number of carbonyl (C=O) groups excluding carboxylic acids is 3. The van der Waals surface area contributed by atoms with E-state index in [0.717, 1.165) is 12.1 Å². The fourth-order valence-electron chi connectivity index (χ4n) is 3.57. The van der Waals surface area contributed by atoms with Crippen LogP contribution in [0.2, 0.25) is 0 Å². The second kappa shape index (κ2) is 7.39. The molecule has 26 heavy (non-hydrogen) atoms. The Labute approximate surface area is 149 Å². The van der Waals surface area contributed by atoms with Gasteiger partial charge in [0.15, 0.2) is 0 Å². The van der Waals surface area contributed by atoms with Crippen molar-refractivity contribution in [3.63, 3.8) is 0 Å². The van der Waals surface area contributed by atoms with Gasteiger partial charge in [-0.15, -0.1) is 0 Å². The third-order valence-electron chi connectivity index (χ3n) is 5.02. The van der Waals surface area contributed by atoms with Gasteiger partial charge in [0.25, 0.3) is 0 Å². The number of likely N-dealkylation sites (tertiary alicyclic amines) is 1. The first-order valence-electron chi connectivity index (χ1n) is 8.52. The van der Waals surface area contributed by atoms with Crippen LogP contribution < -0.4 is 4.90 Å². The number of rotatable bonds is 3. The Balaban J connectivity index is 1.63. The van der Waals surface area contributed by atoms with Crippen LogP contribution in [-0.2, 0) is 19.1 Å². The van der Waals surface area contributed by atoms with E-state index in [-0.39, 0.29) is 42.4 Å². The molecule has 2 aliphatic heterocycles. The van der Waals surface area contributed by atoms with Crippen LogP contribution >= 0.6 is 0 Å². The standard InChI is InChI=1S/C18H20F2N2O4/c1-26-18(25)11-4-6-21(7-5-11)17(24)12-8-16(23)22(10-12)15-3-2-13(19)9-14(15)20/h2-3,9,11-12H,4-8,10H2,1H3. The summed E-state index contributed by atoms with van der Waals surface area (Å²) in [6, 6.07) is 3.01. The molecule has 6 nitrogen and oxygen atoms in total. The number of piperidine rings is 1. The van der Waals surface area contributed by atoms with Crippen molar-refractivity contribution in [2.75, 3.05) is 31.6 Å². The van der Waals surface area contributed by atoms with Gasteiger partial charge in [-0.05, 0) is 25.0 Å². The highest BCUT2D eigenvalue weighted by atomic mass is 19.1. The summed E-state index contributed by atoms with van der Waals surface area (Å²) in [5.74, 6) is -3.14. The maximum atomic E-state index is 13.9. The van der Waals surface area contributed by atoms with E-state index in [0.29, 0.717) is 25.9 Å². The molecule has 8 heteroatoms. The topological polar surface area (TPSA) is 66.9 Å². The molecule has 2 heterocycles. The lowest BCUT2D eigenvalue weighted by atomic mass is 9.95. The third-order valence-corrected chi connectivity index (χ3v) is 5.02. The van der Waals surface area contributed by atoms with Crippen molar-refractivity contribution in [3.05, 3.63) is 29.8 Å². The van der Waals surface area contributed by atoms with Crippen molar-refractivity contribution in [2.45, 2.75) is 19.3 Å². The minimum Gasteiger partial charge on any atom is -0.469 e. The summed E-state index contributed by atoms with van der Waals surface area (Å²) in [4.78, 5) is 39.3. The second-order valence-corrected chi connectivity index (χ2v) is 6.62. The summed E-state index contributed by atoms with van der Waals surface area (Å²) >= 11 is 0. The molecule has 0 radical (unpaired) electrons. The van der Waals surface area contributed by atoms with E-state index in [1.807, 2.05) is 0 Å². The summed E-state index contributed by atoms with van der Waals surface area (Å²) in [6.45, 7) is 0.916. The van der Waals surface area contributed by atoms with Gasteiger partial charge in [-0.3, -0.25) is 14.4 Å². The molecule has 0 aliphatic carbocycles. The van der Waals surface area contributed by atoms with Crippen LogP contribution in [0.5, 0.6) is 0 Å². The number of hydrogen-bond donors (Lipinski definition) is 0. The number of amides is 2. The Morgan fingerprint density at radius 2 is 1.85 bits per heavy atom. The van der Waals surface area contributed by atoms with Gasteiger partial charge in [-0.2, -0.15) is 0 Å². The maximum absolute atomic E-state index is 13.9. The normalized spacial score (nSPS) is 21.2. The van der Waals surface area contributed by atoms with Crippen LogP contribution in [0.15, 0.2) is 18.2 Å². The van der Waals surface area contributed by atoms with Crippen LogP contribution in [0, 0.1) is 23.5 Å². The Hall–Kier alpha value is -2.51. The number of hydrogen-bond acceptors (Lipinski definition) is 4. The summed E-state index contributed by atoms with van der Waals surface area (Å²) in [6.07, 6.45) is 1.04. The van der Waals surface area contributed by atoms with Crippen molar-refractivity contribution < 1.29 is 27.9 Å². The zero-order valence-electron chi connectivity index (χ0n) is 14.4. The van der Waals surface area contributed by atoms with Crippen molar-refractivity contribution in [1.29, 1.82) is 0 Å². The Kier molecular flexibility index (Phi) is 5.20. The van der Waals surface area contributed by atoms with Crippen LogP contribution in [0.1, 0.15) is 19.3 Å².